The first-order valence-corrected chi connectivity index (χ1v) is 6.63. The molecular formula is C13H11FN4O6. The van der Waals surface area contributed by atoms with Crippen LogP contribution in [0.5, 0.6) is 0 Å². The number of ether oxygens (including phenoxy) is 1. The molecular weight excluding hydrogens is 327 g/mol. The number of anilines is 1. The van der Waals surface area contributed by atoms with E-state index in [2.05, 4.69) is 15.8 Å². The number of nitrogens with one attached hydrogen (secondary N) is 2. The smallest absolute Gasteiger partial charge is 0.355 e. The molecule has 10 nitrogen and oxygen atoms in total. The van der Waals surface area contributed by atoms with Gasteiger partial charge in [-0.3, -0.25) is 19.7 Å². The van der Waals surface area contributed by atoms with Gasteiger partial charge in [-0.2, -0.15) is 9.49 Å². The highest BCUT2D eigenvalue weighted by Gasteiger charge is 2.21. The van der Waals surface area contributed by atoms with Crippen LogP contribution in [0.15, 0.2) is 23.3 Å². The molecule has 0 aliphatic carbocycles. The number of hydrogen-bond donors (Lipinski definition) is 2. The Morgan fingerprint density at radius 1 is 1.42 bits per heavy atom. The Labute approximate surface area is 133 Å². The zero-order valence-corrected chi connectivity index (χ0v) is 12.1. The van der Waals surface area contributed by atoms with Crippen molar-refractivity contribution in [1.29, 1.82) is 0 Å². The van der Waals surface area contributed by atoms with Crippen LogP contribution in [0, 0.1) is 15.9 Å². The summed E-state index contributed by atoms with van der Waals surface area (Å²) in [6, 6.07) is 2.80. The Hall–Kier alpha value is -3.37. The number of hydrogen-bond acceptors (Lipinski definition) is 7. The van der Waals surface area contributed by atoms with E-state index in [1.807, 2.05) is 0 Å². The van der Waals surface area contributed by atoms with Gasteiger partial charge in [-0.15, -0.1) is 0 Å². The number of halogens is 1. The molecule has 2 N–H and O–H groups in total. The quantitative estimate of drug-likeness (QED) is 0.454. The van der Waals surface area contributed by atoms with Crippen LogP contribution >= 0.6 is 0 Å². The monoisotopic (exact) mass is 338 g/mol. The van der Waals surface area contributed by atoms with Crippen molar-refractivity contribution in [3.63, 3.8) is 0 Å². The summed E-state index contributed by atoms with van der Waals surface area (Å²) < 4.78 is 17.9. The molecule has 0 saturated carbocycles. The first-order chi connectivity index (χ1) is 11.4. The molecule has 0 aromatic heterocycles. The lowest BCUT2D eigenvalue weighted by molar-refractivity contribution is -0.387. The van der Waals surface area contributed by atoms with Gasteiger partial charge < -0.3 is 10.1 Å². The minimum Gasteiger partial charge on any atom is -0.451 e. The summed E-state index contributed by atoms with van der Waals surface area (Å²) in [7, 11) is 0. The molecule has 2 amide bonds. The van der Waals surface area contributed by atoms with Crippen LogP contribution in [0.2, 0.25) is 0 Å². The largest absolute Gasteiger partial charge is 0.451 e. The maximum Gasteiger partial charge on any atom is 0.355 e. The number of rotatable bonds is 5. The molecule has 1 aliphatic heterocycles. The predicted octanol–water partition coefficient (Wildman–Crippen LogP) is 0.482. The molecule has 0 unspecified atom stereocenters. The SMILES string of the molecule is O=C1CCC(C(=O)OCC(=O)Nc2ccc(F)c([N+](=O)[O-])c2)=NN1. The molecule has 1 aliphatic rings. The van der Waals surface area contributed by atoms with Gasteiger partial charge in [0.15, 0.2) is 6.61 Å². The highest BCUT2D eigenvalue weighted by Crippen LogP contribution is 2.21. The van der Waals surface area contributed by atoms with E-state index in [1.165, 1.54) is 0 Å². The highest BCUT2D eigenvalue weighted by atomic mass is 19.1. The summed E-state index contributed by atoms with van der Waals surface area (Å²) in [5, 5.41) is 16.4. The van der Waals surface area contributed by atoms with Crippen molar-refractivity contribution in [3.8, 4) is 0 Å². The van der Waals surface area contributed by atoms with E-state index in [1.54, 1.807) is 0 Å². The molecule has 0 atom stereocenters. The van der Waals surface area contributed by atoms with Gasteiger partial charge in [0.2, 0.25) is 11.7 Å². The Kier molecular flexibility index (Phi) is 5.14. The van der Waals surface area contributed by atoms with Crippen molar-refractivity contribution >= 4 is 34.9 Å². The first kappa shape index (κ1) is 17.0. The summed E-state index contributed by atoms with van der Waals surface area (Å²) in [6.07, 6.45) is 0.176. The van der Waals surface area contributed by atoms with Crippen LogP contribution in [0.4, 0.5) is 15.8 Å². The second-order valence-electron chi connectivity index (χ2n) is 4.64. The van der Waals surface area contributed by atoms with Gasteiger partial charge >= 0.3 is 11.7 Å². The zero-order valence-electron chi connectivity index (χ0n) is 12.1. The molecule has 0 bridgehead atoms. The molecule has 24 heavy (non-hydrogen) atoms. The summed E-state index contributed by atoms with van der Waals surface area (Å²) in [6.45, 7) is -0.670. The molecule has 2 rings (SSSR count). The summed E-state index contributed by atoms with van der Waals surface area (Å²) >= 11 is 0. The van der Waals surface area contributed by atoms with E-state index in [-0.39, 0.29) is 30.1 Å². The molecule has 1 heterocycles. The molecule has 0 fully saturated rings. The Bertz CT molecular complexity index is 748. The standard InChI is InChI=1S/C13H11FN4O6/c14-8-2-1-7(5-10(8)18(22)23)15-12(20)6-24-13(21)9-3-4-11(19)17-16-9/h1-2,5H,3-4,6H2,(H,15,20)(H,17,19). The van der Waals surface area contributed by atoms with E-state index in [0.717, 1.165) is 18.2 Å². The fourth-order valence-electron chi connectivity index (χ4n) is 1.76. The molecule has 11 heteroatoms. The number of esters is 1. The molecule has 126 valence electrons. The van der Waals surface area contributed by atoms with Gasteiger partial charge in [0, 0.05) is 24.6 Å². The normalized spacial score (nSPS) is 13.5. The second kappa shape index (κ2) is 7.26. The van der Waals surface area contributed by atoms with E-state index in [0.29, 0.717) is 0 Å². The van der Waals surface area contributed by atoms with Crippen molar-refractivity contribution in [2.45, 2.75) is 12.8 Å². The van der Waals surface area contributed by atoms with Crippen LogP contribution in [-0.4, -0.2) is 35.0 Å². The second-order valence-corrected chi connectivity index (χ2v) is 4.64. The van der Waals surface area contributed by atoms with Gasteiger partial charge in [0.25, 0.3) is 5.91 Å². The maximum absolute atomic E-state index is 13.2. The van der Waals surface area contributed by atoms with Crippen molar-refractivity contribution < 1.29 is 28.4 Å². The highest BCUT2D eigenvalue weighted by molar-refractivity contribution is 6.37. The Morgan fingerprint density at radius 3 is 2.79 bits per heavy atom. The summed E-state index contributed by atoms with van der Waals surface area (Å²) in [5.41, 5.74) is 1.27. The topological polar surface area (TPSA) is 140 Å². The van der Waals surface area contributed by atoms with Crippen LogP contribution in [-0.2, 0) is 19.1 Å². The van der Waals surface area contributed by atoms with E-state index in [4.69, 9.17) is 4.74 Å². The van der Waals surface area contributed by atoms with Crippen LogP contribution in [0.25, 0.3) is 0 Å². The van der Waals surface area contributed by atoms with Crippen molar-refractivity contribution in [2.24, 2.45) is 5.10 Å². The average molecular weight is 338 g/mol. The van der Waals surface area contributed by atoms with Crippen LogP contribution in [0.1, 0.15) is 12.8 Å². The lowest BCUT2D eigenvalue weighted by Gasteiger charge is -2.11. The number of carbonyl (C=O) groups is 3. The molecule has 0 radical (unpaired) electrons. The molecule has 1 aromatic carbocycles. The number of carbonyl (C=O) groups excluding carboxylic acids is 3. The lowest BCUT2D eigenvalue weighted by Crippen LogP contribution is -2.32. The number of nitro benzene ring substituents is 1. The van der Waals surface area contributed by atoms with Crippen LogP contribution < -0.4 is 10.7 Å². The van der Waals surface area contributed by atoms with Gasteiger partial charge in [-0.25, -0.2) is 10.2 Å². The Morgan fingerprint density at radius 2 is 2.17 bits per heavy atom. The van der Waals surface area contributed by atoms with E-state index < -0.39 is 34.9 Å². The summed E-state index contributed by atoms with van der Waals surface area (Å²) in [5.74, 6) is -3.01. The zero-order chi connectivity index (χ0) is 17.7. The molecule has 1 aromatic rings. The van der Waals surface area contributed by atoms with E-state index >= 15 is 0 Å². The number of hydrazone groups is 1. The van der Waals surface area contributed by atoms with Gasteiger partial charge in [0.1, 0.15) is 5.71 Å². The predicted molar refractivity (Wildman–Crippen MR) is 77.5 cm³/mol. The lowest BCUT2D eigenvalue weighted by atomic mass is 10.2. The number of nitrogens with zero attached hydrogens (tertiary/aromatic N) is 2. The number of nitro groups is 1. The summed E-state index contributed by atoms with van der Waals surface area (Å²) in [4.78, 5) is 43.9. The Balaban J connectivity index is 1.90. The number of benzene rings is 1. The molecule has 0 saturated heterocycles. The van der Waals surface area contributed by atoms with Crippen molar-refractivity contribution in [1.82, 2.24) is 5.43 Å². The van der Waals surface area contributed by atoms with E-state index in [9.17, 15) is 28.9 Å². The first-order valence-electron chi connectivity index (χ1n) is 6.63. The van der Waals surface area contributed by atoms with Gasteiger partial charge in [-0.1, -0.05) is 0 Å². The van der Waals surface area contributed by atoms with Crippen molar-refractivity contribution in [2.75, 3.05) is 11.9 Å². The maximum atomic E-state index is 13.2. The molecule has 0 spiro atoms. The van der Waals surface area contributed by atoms with Crippen molar-refractivity contribution in [3.05, 3.63) is 34.1 Å². The third kappa shape index (κ3) is 4.32. The fraction of sp³-hybridized carbons (Fsp3) is 0.231. The fourth-order valence-corrected chi connectivity index (χ4v) is 1.76. The number of amides is 2. The minimum atomic E-state index is -1.04. The average Bonchev–Trinajstić information content (AvgIpc) is 2.55. The third-order valence-corrected chi connectivity index (χ3v) is 2.90. The minimum absolute atomic E-state index is 0.0218. The van der Waals surface area contributed by atoms with Gasteiger partial charge in [-0.05, 0) is 12.1 Å². The van der Waals surface area contributed by atoms with Crippen LogP contribution in [0.3, 0.4) is 0 Å². The third-order valence-electron chi connectivity index (χ3n) is 2.90. The van der Waals surface area contributed by atoms with Gasteiger partial charge in [0.05, 0.1) is 4.92 Å².